The number of piperidine rings is 1. The molecule has 1 fully saturated rings. The van der Waals surface area contributed by atoms with Crippen LogP contribution in [0.4, 0.5) is 4.79 Å². The largest absolute Gasteiger partial charge is 0.349 e. The summed E-state index contributed by atoms with van der Waals surface area (Å²) in [6.45, 7) is 8.60. The van der Waals surface area contributed by atoms with Crippen molar-refractivity contribution >= 4 is 23.5 Å². The van der Waals surface area contributed by atoms with Gasteiger partial charge in [-0.3, -0.25) is 4.79 Å². The summed E-state index contributed by atoms with van der Waals surface area (Å²) in [6, 6.07) is 7.50. The van der Waals surface area contributed by atoms with Crippen LogP contribution in [0.25, 0.3) is 0 Å². The van der Waals surface area contributed by atoms with Crippen molar-refractivity contribution in [3.63, 3.8) is 0 Å². The Labute approximate surface area is 155 Å². The molecule has 1 aliphatic heterocycles. The molecule has 1 aromatic carbocycles. The summed E-state index contributed by atoms with van der Waals surface area (Å²) < 4.78 is 0. The summed E-state index contributed by atoms with van der Waals surface area (Å²) in [7, 11) is 0. The number of rotatable bonds is 5. The highest BCUT2D eigenvalue weighted by molar-refractivity contribution is 6.31. The molecule has 0 aliphatic carbocycles. The molecule has 1 saturated heterocycles. The Bertz CT molecular complexity index is 596. The molecule has 1 heterocycles. The molecule has 2 rings (SSSR count). The van der Waals surface area contributed by atoms with E-state index in [-0.39, 0.29) is 23.9 Å². The molecular weight excluding hydrogens is 338 g/mol. The first-order valence-electron chi connectivity index (χ1n) is 9.06. The summed E-state index contributed by atoms with van der Waals surface area (Å²) in [6.07, 6.45) is 1.40. The van der Waals surface area contributed by atoms with Gasteiger partial charge in [0.2, 0.25) is 5.91 Å². The molecule has 1 aromatic rings. The third-order valence-corrected chi connectivity index (χ3v) is 5.24. The average Bonchev–Trinajstić information content (AvgIpc) is 2.63. The summed E-state index contributed by atoms with van der Waals surface area (Å²) in [4.78, 5) is 28.6. The number of carbonyl (C=O) groups excluding carboxylic acids is 2. The van der Waals surface area contributed by atoms with Crippen LogP contribution in [0, 0.1) is 5.92 Å². The molecule has 1 aliphatic rings. The lowest BCUT2D eigenvalue weighted by Gasteiger charge is -2.35. The van der Waals surface area contributed by atoms with Gasteiger partial charge < -0.3 is 15.1 Å². The second-order valence-electron chi connectivity index (χ2n) is 6.47. The molecule has 6 heteroatoms. The smallest absolute Gasteiger partial charge is 0.319 e. The maximum atomic E-state index is 12.5. The molecule has 5 nitrogen and oxygen atoms in total. The van der Waals surface area contributed by atoms with E-state index >= 15 is 0 Å². The first-order valence-corrected chi connectivity index (χ1v) is 9.44. The Morgan fingerprint density at radius 1 is 1.24 bits per heavy atom. The highest BCUT2D eigenvalue weighted by Gasteiger charge is 2.29. The topological polar surface area (TPSA) is 52.7 Å². The van der Waals surface area contributed by atoms with E-state index in [1.807, 2.05) is 54.8 Å². The van der Waals surface area contributed by atoms with E-state index in [4.69, 9.17) is 11.6 Å². The van der Waals surface area contributed by atoms with Crippen LogP contribution in [0.1, 0.15) is 45.2 Å². The number of nitrogens with zero attached hydrogens (tertiary/aromatic N) is 2. The fraction of sp³-hybridized carbons (Fsp3) is 0.579. The van der Waals surface area contributed by atoms with Crippen molar-refractivity contribution in [3.05, 3.63) is 34.9 Å². The SMILES string of the molecule is CCN(CC)C(=O)N1CCC(C(=O)NC(C)c2ccccc2Cl)CC1. The fourth-order valence-corrected chi connectivity index (χ4v) is 3.56. The second kappa shape index (κ2) is 9.09. The Kier molecular flexibility index (Phi) is 7.12. The van der Waals surface area contributed by atoms with E-state index in [2.05, 4.69) is 5.32 Å². The van der Waals surface area contributed by atoms with Crippen molar-refractivity contribution in [1.82, 2.24) is 15.1 Å². The summed E-state index contributed by atoms with van der Waals surface area (Å²) in [5, 5.41) is 3.72. The molecule has 1 atom stereocenters. The molecule has 138 valence electrons. The highest BCUT2D eigenvalue weighted by Crippen LogP contribution is 2.24. The first kappa shape index (κ1) is 19.6. The van der Waals surface area contributed by atoms with Gasteiger partial charge in [0.05, 0.1) is 6.04 Å². The zero-order valence-corrected chi connectivity index (χ0v) is 16.1. The molecule has 0 bridgehead atoms. The van der Waals surface area contributed by atoms with Gasteiger partial charge >= 0.3 is 6.03 Å². The van der Waals surface area contributed by atoms with E-state index in [0.717, 1.165) is 5.56 Å². The maximum absolute atomic E-state index is 12.5. The number of amides is 3. The number of likely N-dealkylation sites (tertiary alicyclic amines) is 1. The molecule has 0 radical (unpaired) electrons. The van der Waals surface area contributed by atoms with E-state index in [9.17, 15) is 9.59 Å². The lowest BCUT2D eigenvalue weighted by atomic mass is 9.95. The molecule has 0 spiro atoms. The maximum Gasteiger partial charge on any atom is 0.319 e. The first-order chi connectivity index (χ1) is 12.0. The summed E-state index contributed by atoms with van der Waals surface area (Å²) >= 11 is 6.20. The zero-order valence-electron chi connectivity index (χ0n) is 15.3. The summed E-state index contributed by atoms with van der Waals surface area (Å²) in [5.74, 6) is -0.00644. The van der Waals surface area contributed by atoms with Gasteiger partial charge in [-0.15, -0.1) is 0 Å². The molecule has 0 aromatic heterocycles. The van der Waals surface area contributed by atoms with Crippen LogP contribution in [-0.2, 0) is 4.79 Å². The van der Waals surface area contributed by atoms with Gasteiger partial charge in [-0.25, -0.2) is 4.79 Å². The van der Waals surface area contributed by atoms with Crippen molar-refractivity contribution in [3.8, 4) is 0 Å². The van der Waals surface area contributed by atoms with Crippen LogP contribution in [-0.4, -0.2) is 47.9 Å². The van der Waals surface area contributed by atoms with Crippen molar-refractivity contribution in [2.24, 2.45) is 5.92 Å². The van der Waals surface area contributed by atoms with Gasteiger partial charge in [0.1, 0.15) is 0 Å². The molecule has 0 saturated carbocycles. The Morgan fingerprint density at radius 2 is 1.84 bits per heavy atom. The van der Waals surface area contributed by atoms with Crippen molar-refractivity contribution in [2.75, 3.05) is 26.2 Å². The van der Waals surface area contributed by atoms with E-state index < -0.39 is 0 Å². The van der Waals surface area contributed by atoms with Gasteiger partial charge in [-0.1, -0.05) is 29.8 Å². The van der Waals surface area contributed by atoms with Crippen LogP contribution in [0.5, 0.6) is 0 Å². The predicted molar refractivity (Wildman–Crippen MR) is 101 cm³/mol. The number of urea groups is 1. The van der Waals surface area contributed by atoms with Crippen molar-refractivity contribution in [1.29, 1.82) is 0 Å². The number of carbonyl (C=O) groups is 2. The minimum Gasteiger partial charge on any atom is -0.349 e. The van der Waals surface area contributed by atoms with Crippen molar-refractivity contribution in [2.45, 2.75) is 39.7 Å². The average molecular weight is 366 g/mol. The lowest BCUT2D eigenvalue weighted by Crippen LogP contribution is -2.48. The predicted octanol–water partition coefficient (Wildman–Crippen LogP) is 3.69. The fourth-order valence-electron chi connectivity index (χ4n) is 3.26. The van der Waals surface area contributed by atoms with E-state index in [1.165, 1.54) is 0 Å². The second-order valence-corrected chi connectivity index (χ2v) is 6.88. The highest BCUT2D eigenvalue weighted by atomic mass is 35.5. The van der Waals surface area contributed by atoms with Gasteiger partial charge in [-0.05, 0) is 45.2 Å². The Morgan fingerprint density at radius 3 is 2.40 bits per heavy atom. The number of halogens is 1. The van der Waals surface area contributed by atoms with E-state index in [1.54, 1.807) is 0 Å². The minimum absolute atomic E-state index is 0.0438. The van der Waals surface area contributed by atoms with Crippen molar-refractivity contribution < 1.29 is 9.59 Å². The van der Waals surface area contributed by atoms with Crippen LogP contribution in [0.3, 0.4) is 0 Å². The standard InChI is InChI=1S/C19H28ClN3O2/c1-4-22(5-2)19(25)23-12-10-15(11-13-23)18(24)21-14(3)16-8-6-7-9-17(16)20/h6-9,14-15H,4-5,10-13H2,1-3H3,(H,21,24). The van der Waals surface area contributed by atoms with Gasteiger partial charge in [0.15, 0.2) is 0 Å². The number of hydrogen-bond acceptors (Lipinski definition) is 2. The minimum atomic E-state index is -0.128. The molecule has 1 N–H and O–H groups in total. The van der Waals surface area contributed by atoms with Crippen LogP contribution in [0.2, 0.25) is 5.02 Å². The van der Waals surface area contributed by atoms with Crippen LogP contribution in [0.15, 0.2) is 24.3 Å². The monoisotopic (exact) mass is 365 g/mol. The third-order valence-electron chi connectivity index (χ3n) is 4.90. The van der Waals surface area contributed by atoms with Crippen LogP contribution >= 0.6 is 11.6 Å². The zero-order chi connectivity index (χ0) is 18.4. The Hall–Kier alpha value is -1.75. The number of hydrogen-bond donors (Lipinski definition) is 1. The molecular formula is C19H28ClN3O2. The quantitative estimate of drug-likeness (QED) is 0.865. The Balaban J connectivity index is 1.87. The summed E-state index contributed by atoms with van der Waals surface area (Å²) in [5.41, 5.74) is 0.923. The number of nitrogens with one attached hydrogen (secondary N) is 1. The lowest BCUT2D eigenvalue weighted by molar-refractivity contribution is -0.126. The molecule has 3 amide bonds. The normalized spacial score (nSPS) is 16.4. The van der Waals surface area contributed by atoms with Crippen LogP contribution < -0.4 is 5.32 Å². The molecule has 1 unspecified atom stereocenters. The number of benzene rings is 1. The van der Waals surface area contributed by atoms with E-state index in [0.29, 0.717) is 44.0 Å². The third kappa shape index (κ3) is 4.88. The molecule has 25 heavy (non-hydrogen) atoms. The van der Waals surface area contributed by atoms with Gasteiger partial charge in [0.25, 0.3) is 0 Å². The van der Waals surface area contributed by atoms with Gasteiger partial charge in [-0.2, -0.15) is 0 Å². The van der Waals surface area contributed by atoms with Gasteiger partial charge in [0, 0.05) is 37.1 Å².